The summed E-state index contributed by atoms with van der Waals surface area (Å²) >= 11 is 1.42. The molecule has 3 aromatic heterocycles. The molecule has 0 bridgehead atoms. The number of fused-ring (bicyclic) bond motifs is 3. The van der Waals surface area contributed by atoms with Gasteiger partial charge in [0.15, 0.2) is 10.8 Å². The molecule has 11 rings (SSSR count). The lowest BCUT2D eigenvalue weighted by atomic mass is 9.84. The molecule has 0 spiro atoms. The number of ether oxygens (including phenoxy) is 1. The van der Waals surface area contributed by atoms with Gasteiger partial charge in [-0.1, -0.05) is 60.6 Å². The number of carbonyl (C=O) groups is 4. The van der Waals surface area contributed by atoms with Gasteiger partial charge in [-0.25, -0.2) is 14.8 Å². The van der Waals surface area contributed by atoms with Gasteiger partial charge in [0, 0.05) is 68.4 Å². The quantitative estimate of drug-likeness (QED) is 0.0696. The van der Waals surface area contributed by atoms with E-state index in [9.17, 15) is 37.5 Å². The van der Waals surface area contributed by atoms with Crippen LogP contribution in [0.4, 0.5) is 29.8 Å². The second-order valence-electron chi connectivity index (χ2n) is 20.9. The first-order valence-electron chi connectivity index (χ1n) is 26.5. The van der Waals surface area contributed by atoms with E-state index in [0.29, 0.717) is 102 Å². The van der Waals surface area contributed by atoms with Crippen LogP contribution in [0.25, 0.3) is 32.2 Å². The Kier molecular flexibility index (Phi) is 14.5. The minimum absolute atomic E-state index is 0.0235. The number of anilines is 3. The summed E-state index contributed by atoms with van der Waals surface area (Å²) in [7, 11) is 1.75. The maximum absolute atomic E-state index is 14.7. The molecule has 0 radical (unpaired) electrons. The molecule has 2 atom stereocenters. The molecule has 6 heterocycles. The van der Waals surface area contributed by atoms with Gasteiger partial charge in [0.25, 0.3) is 5.91 Å². The molecule has 4 aliphatic rings. The van der Waals surface area contributed by atoms with Crippen molar-refractivity contribution in [2.75, 3.05) is 47.8 Å². The number of rotatable bonds is 14. The topological polar surface area (TPSA) is 175 Å². The summed E-state index contributed by atoms with van der Waals surface area (Å²) in [6.45, 7) is 3.82. The van der Waals surface area contributed by atoms with Crippen LogP contribution in [-0.2, 0) is 29.6 Å². The molecule has 7 aromatic rings. The Labute approximate surface area is 447 Å². The number of alkyl halides is 3. The number of aromatic nitrogens is 4. The van der Waals surface area contributed by atoms with Crippen molar-refractivity contribution in [1.82, 2.24) is 30.0 Å². The summed E-state index contributed by atoms with van der Waals surface area (Å²) in [5, 5.41) is 21.8. The van der Waals surface area contributed by atoms with E-state index in [-0.39, 0.29) is 49.0 Å². The third kappa shape index (κ3) is 10.8. The Balaban J connectivity index is 0.671. The van der Waals surface area contributed by atoms with Crippen molar-refractivity contribution in [1.29, 1.82) is 0 Å². The van der Waals surface area contributed by atoms with E-state index in [1.54, 1.807) is 33.7 Å². The van der Waals surface area contributed by atoms with E-state index in [1.807, 2.05) is 90.7 Å². The van der Waals surface area contributed by atoms with Crippen LogP contribution >= 0.6 is 11.3 Å². The molecule has 3 amide bonds. The van der Waals surface area contributed by atoms with Gasteiger partial charge < -0.3 is 19.6 Å². The Morgan fingerprint density at radius 2 is 1.69 bits per heavy atom. The number of thiazole rings is 1. The highest BCUT2D eigenvalue weighted by atomic mass is 32.1. The first kappa shape index (κ1) is 51.7. The number of amides is 3. The summed E-state index contributed by atoms with van der Waals surface area (Å²) in [5.74, 6) is -1.02. The second kappa shape index (κ2) is 21.6. The van der Waals surface area contributed by atoms with Crippen molar-refractivity contribution in [3.63, 3.8) is 0 Å². The average molecular weight is 1070 g/mol. The second-order valence-corrected chi connectivity index (χ2v) is 21.9. The number of halogens is 3. The van der Waals surface area contributed by atoms with E-state index >= 15 is 0 Å². The molecule has 15 nitrogen and oxygen atoms in total. The van der Waals surface area contributed by atoms with Crippen molar-refractivity contribution < 1.29 is 42.2 Å². The number of carbonyl (C=O) groups excluding carboxylic acids is 3. The predicted molar refractivity (Wildman–Crippen MR) is 290 cm³/mol. The van der Waals surface area contributed by atoms with Crippen LogP contribution in [0.1, 0.15) is 107 Å². The highest BCUT2D eigenvalue weighted by Crippen LogP contribution is 2.39. The van der Waals surface area contributed by atoms with Gasteiger partial charge in [-0.2, -0.15) is 18.3 Å². The van der Waals surface area contributed by atoms with Gasteiger partial charge in [0.2, 0.25) is 11.8 Å². The maximum atomic E-state index is 14.7. The average Bonchev–Trinajstić information content (AvgIpc) is 4.00. The SMILES string of the molecule is Cc1c(OC2CCC(CCCCN3CCN(c4ccc5c(C6CCC(=O)NC6=O)nn(C)c5c4)C[C@H]3C(F)(F)F)CC2)cccc1-c1ccc(N2CCc3cccc(C(=O)Nc4nc5ccccc5s4)c3C2)nc1C(=O)O. The van der Waals surface area contributed by atoms with Crippen LogP contribution < -0.4 is 25.2 Å². The molecule has 3 N–H and O–H groups in total. The van der Waals surface area contributed by atoms with E-state index < -0.39 is 24.1 Å². The van der Waals surface area contributed by atoms with Crippen LogP contribution in [0.5, 0.6) is 5.75 Å². The highest BCUT2D eigenvalue weighted by molar-refractivity contribution is 7.22. The van der Waals surface area contributed by atoms with Crippen molar-refractivity contribution in [3.8, 4) is 16.9 Å². The normalized spacial score (nSPS) is 20.3. The summed E-state index contributed by atoms with van der Waals surface area (Å²) in [4.78, 5) is 65.6. The van der Waals surface area contributed by atoms with Crippen molar-refractivity contribution >= 4 is 72.8 Å². The third-order valence-corrected chi connectivity index (χ3v) is 17.0. The van der Waals surface area contributed by atoms with Crippen LogP contribution in [0.15, 0.2) is 91.0 Å². The van der Waals surface area contributed by atoms with Crippen molar-refractivity contribution in [2.45, 2.75) is 102 Å². The lowest BCUT2D eigenvalue weighted by Crippen LogP contribution is -2.59. The van der Waals surface area contributed by atoms with E-state index in [2.05, 4.69) is 20.7 Å². The standard InChI is InChI=1S/C58H60F3N9O6S/c1-34-39(40-22-24-50(63-53(40)56(74)75)70-28-26-36-10-7-12-41(44(36)32-70)54(72)65-57-62-45-13-3-4-15-48(45)77-57)11-8-14-47(34)76-38-19-16-35(17-20-38)9-5-6-27-68-29-30-69(33-49(68)58(59,60)61)37-18-21-42-46(31-37)67(2)66-52(42)43-23-25-51(71)64-55(43)73/h3-4,7-8,10-15,18,21-22,24,31,35,38,43,49H,5-6,9,16-17,19-20,23,25-30,32-33H2,1-2H3,(H,74,75)(H,62,65,72)(H,64,71,73)/t35?,38?,43?,49-/m0/s1. The Bertz CT molecular complexity index is 3370. The molecule has 400 valence electrons. The third-order valence-electron chi connectivity index (χ3n) is 16.1. The van der Waals surface area contributed by atoms with E-state index in [1.165, 1.54) is 11.3 Å². The van der Waals surface area contributed by atoms with Crippen LogP contribution in [0.3, 0.4) is 0 Å². The number of aryl methyl sites for hydroxylation is 1. The number of imide groups is 1. The zero-order valence-corrected chi connectivity index (χ0v) is 43.8. The maximum Gasteiger partial charge on any atom is 0.405 e. The monoisotopic (exact) mass is 1070 g/mol. The van der Waals surface area contributed by atoms with Gasteiger partial charge in [-0.3, -0.25) is 34.6 Å². The molecular weight excluding hydrogens is 1010 g/mol. The molecule has 3 fully saturated rings. The molecular formula is C58H60F3N9O6S. The molecule has 1 aliphatic carbocycles. The first-order valence-corrected chi connectivity index (χ1v) is 27.4. The number of unbranched alkanes of at least 4 members (excludes halogenated alkanes) is 1. The zero-order chi connectivity index (χ0) is 53.5. The van der Waals surface area contributed by atoms with Crippen LogP contribution in [-0.4, -0.2) is 104 Å². The summed E-state index contributed by atoms with van der Waals surface area (Å²) in [5.41, 5.74) is 7.17. The number of pyridine rings is 1. The van der Waals surface area contributed by atoms with Gasteiger partial charge in [-0.15, -0.1) is 0 Å². The molecule has 3 aliphatic heterocycles. The smallest absolute Gasteiger partial charge is 0.405 e. The Morgan fingerprint density at radius 1 is 0.870 bits per heavy atom. The van der Waals surface area contributed by atoms with Gasteiger partial charge >= 0.3 is 12.1 Å². The van der Waals surface area contributed by atoms with E-state index in [0.717, 1.165) is 70.8 Å². The number of carboxylic acid groups (broad SMARTS) is 1. The number of para-hydroxylation sites is 1. The fraction of sp³-hybridized carbons (Fsp3) is 0.397. The van der Waals surface area contributed by atoms with Gasteiger partial charge in [0.1, 0.15) is 17.6 Å². The number of hydrogen-bond donors (Lipinski definition) is 3. The lowest BCUT2D eigenvalue weighted by molar-refractivity contribution is -0.184. The van der Waals surface area contributed by atoms with E-state index in [4.69, 9.17) is 9.72 Å². The Hall–Kier alpha value is -7.38. The molecule has 19 heteroatoms. The molecule has 2 saturated heterocycles. The Morgan fingerprint density at radius 3 is 2.48 bits per heavy atom. The molecule has 1 unspecified atom stereocenters. The highest BCUT2D eigenvalue weighted by Gasteiger charge is 2.46. The lowest BCUT2D eigenvalue weighted by Gasteiger charge is -2.43. The molecule has 1 saturated carbocycles. The van der Waals surface area contributed by atoms with Crippen molar-refractivity contribution in [2.24, 2.45) is 13.0 Å². The number of carboxylic acids is 1. The summed E-state index contributed by atoms with van der Waals surface area (Å²) in [6, 6.07) is 26.6. The zero-order valence-electron chi connectivity index (χ0n) is 42.9. The summed E-state index contributed by atoms with van der Waals surface area (Å²) in [6.07, 6.45) is 2.85. The van der Waals surface area contributed by atoms with Crippen molar-refractivity contribution in [3.05, 3.63) is 125 Å². The number of aromatic carboxylic acids is 1. The molecule has 4 aromatic carbocycles. The summed E-state index contributed by atoms with van der Waals surface area (Å²) < 4.78 is 53.2. The number of piperidine rings is 1. The largest absolute Gasteiger partial charge is 0.490 e. The fourth-order valence-electron chi connectivity index (χ4n) is 11.9. The predicted octanol–water partition coefficient (Wildman–Crippen LogP) is 10.4. The number of benzene rings is 4. The minimum atomic E-state index is -4.40. The first-order chi connectivity index (χ1) is 37.1. The number of nitrogens with one attached hydrogen (secondary N) is 2. The number of piperazine rings is 1. The van der Waals surface area contributed by atoms with Gasteiger partial charge in [-0.05, 0) is 141 Å². The minimum Gasteiger partial charge on any atom is -0.490 e. The fourth-order valence-corrected chi connectivity index (χ4v) is 12.8. The van der Waals surface area contributed by atoms with Gasteiger partial charge in [0.05, 0.1) is 33.4 Å². The number of hydrogen-bond acceptors (Lipinski definition) is 12. The molecule has 77 heavy (non-hydrogen) atoms. The van der Waals surface area contributed by atoms with Crippen LogP contribution in [0.2, 0.25) is 0 Å². The van der Waals surface area contributed by atoms with Crippen LogP contribution in [0, 0.1) is 12.8 Å². The number of nitrogens with zero attached hydrogens (tertiary/aromatic N) is 7.